The summed E-state index contributed by atoms with van der Waals surface area (Å²) in [6.45, 7) is 20.2. The summed E-state index contributed by atoms with van der Waals surface area (Å²) in [6, 6.07) is 41.0. The minimum atomic E-state index is 1.29. The van der Waals surface area contributed by atoms with Crippen molar-refractivity contribution in [1.82, 2.24) is 0 Å². The quantitative estimate of drug-likeness (QED) is 0.159. The first-order valence-corrected chi connectivity index (χ1v) is 15.2. The Hall–Kier alpha value is -1.66. The molecule has 0 bridgehead atoms. The summed E-state index contributed by atoms with van der Waals surface area (Å²) in [5.41, 5.74) is 2.64. The molecule has 0 aliphatic heterocycles. The molecular formula is C34H50I2. The van der Waals surface area contributed by atoms with Crippen molar-refractivity contribution >= 4 is 45.2 Å². The van der Waals surface area contributed by atoms with Crippen molar-refractivity contribution in [2.24, 2.45) is 0 Å². The topological polar surface area (TPSA) is 0 Å². The lowest BCUT2D eigenvalue weighted by molar-refractivity contribution is 1.48. The van der Waals surface area contributed by atoms with Gasteiger partial charge in [-0.1, -0.05) is 164 Å². The molecule has 0 amide bonds. The predicted octanol–water partition coefficient (Wildman–Crippen LogP) is 12.7. The Kier molecular flexibility index (Phi) is 43.6. The second-order valence-electron chi connectivity index (χ2n) is 5.90. The van der Waals surface area contributed by atoms with Gasteiger partial charge in [0, 0.05) is 7.14 Å². The van der Waals surface area contributed by atoms with E-state index in [0.717, 1.165) is 0 Å². The summed E-state index contributed by atoms with van der Waals surface area (Å²) in [5.74, 6) is 0. The predicted molar refractivity (Wildman–Crippen MR) is 186 cm³/mol. The van der Waals surface area contributed by atoms with Gasteiger partial charge < -0.3 is 0 Å². The average Bonchev–Trinajstić information content (AvgIpc) is 2.96. The number of hydrogen-bond acceptors (Lipinski definition) is 0. The molecule has 4 aromatic carbocycles. The normalized spacial score (nSPS) is 7.44. The maximum Gasteiger partial charge on any atom is 0.0130 e. The average molecular weight is 713 g/mol. The van der Waals surface area contributed by atoms with E-state index in [4.69, 9.17) is 0 Å². The van der Waals surface area contributed by atoms with Gasteiger partial charge in [0.25, 0.3) is 0 Å². The van der Waals surface area contributed by atoms with Crippen LogP contribution in [0, 0.1) is 21.0 Å². The monoisotopic (exact) mass is 712 g/mol. The van der Waals surface area contributed by atoms with Gasteiger partial charge in [0.1, 0.15) is 0 Å². The van der Waals surface area contributed by atoms with Gasteiger partial charge in [0.2, 0.25) is 0 Å². The van der Waals surface area contributed by atoms with Gasteiger partial charge in [0.05, 0.1) is 0 Å². The van der Waals surface area contributed by atoms with Gasteiger partial charge in [-0.2, -0.15) is 0 Å². The van der Waals surface area contributed by atoms with Crippen LogP contribution < -0.4 is 0 Å². The molecule has 4 rings (SSSR count). The Morgan fingerprint density at radius 3 is 0.556 bits per heavy atom. The fraction of sp³-hybridized carbons (Fsp3) is 0.294. The Bertz CT molecular complexity index is 681. The first-order chi connectivity index (χ1) is 17.6. The van der Waals surface area contributed by atoms with Crippen molar-refractivity contribution in [3.63, 3.8) is 0 Å². The fourth-order valence-electron chi connectivity index (χ4n) is 1.90. The molecule has 0 heterocycles. The summed E-state index contributed by atoms with van der Waals surface area (Å²) < 4.78 is 2.58. The maximum absolute atomic E-state index is 2.28. The van der Waals surface area contributed by atoms with Gasteiger partial charge in [0.15, 0.2) is 0 Å². The molecule has 36 heavy (non-hydrogen) atoms. The smallest absolute Gasteiger partial charge is 0.0130 e. The van der Waals surface area contributed by atoms with E-state index in [1.54, 1.807) is 0 Å². The first kappa shape index (κ1) is 41.5. The second-order valence-corrected chi connectivity index (χ2v) is 8.39. The molecule has 0 radical (unpaired) electrons. The molecule has 0 aromatic heterocycles. The van der Waals surface area contributed by atoms with Crippen LogP contribution in [0.15, 0.2) is 121 Å². The molecule has 0 fully saturated rings. The number of hydrogen-bond donors (Lipinski definition) is 0. The third kappa shape index (κ3) is 34.5. The zero-order valence-electron chi connectivity index (χ0n) is 24.3. The number of rotatable bonds is 0. The molecule has 0 unspecified atom stereocenters. The van der Waals surface area contributed by atoms with Crippen LogP contribution in [0.25, 0.3) is 0 Å². The molecule has 0 N–H and O–H groups in total. The third-order valence-corrected chi connectivity index (χ3v) is 4.79. The van der Waals surface area contributed by atoms with Gasteiger partial charge >= 0.3 is 0 Å². The van der Waals surface area contributed by atoms with E-state index in [1.807, 2.05) is 128 Å². The van der Waals surface area contributed by atoms with Gasteiger partial charge in [-0.15, -0.1) is 0 Å². The molecule has 0 saturated carbocycles. The molecule has 0 nitrogen and oxygen atoms in total. The minimum absolute atomic E-state index is 1.29. The highest BCUT2D eigenvalue weighted by atomic mass is 127. The number of halogens is 2. The van der Waals surface area contributed by atoms with Crippen molar-refractivity contribution in [3.8, 4) is 0 Å². The summed E-state index contributed by atoms with van der Waals surface area (Å²) in [4.78, 5) is 0. The van der Waals surface area contributed by atoms with Crippen molar-refractivity contribution in [2.45, 2.75) is 69.2 Å². The SMILES string of the molecule is CC.CC.CC.CC.Cc1ccccc1.Cc1ccccc1.Ic1ccccc1.Ic1ccccc1. The maximum atomic E-state index is 2.28. The molecule has 0 aliphatic rings. The van der Waals surface area contributed by atoms with Crippen molar-refractivity contribution in [2.75, 3.05) is 0 Å². The number of aryl methyl sites for hydroxylation is 2. The van der Waals surface area contributed by atoms with Gasteiger partial charge in [-0.25, -0.2) is 0 Å². The minimum Gasteiger partial charge on any atom is -0.0683 e. The molecule has 0 spiro atoms. The third-order valence-electron chi connectivity index (χ3n) is 3.35. The largest absolute Gasteiger partial charge is 0.0683 e. The lowest BCUT2D eigenvalue weighted by Crippen LogP contribution is -1.62. The van der Waals surface area contributed by atoms with E-state index in [0.29, 0.717) is 0 Å². The highest BCUT2D eigenvalue weighted by molar-refractivity contribution is 14.1. The Morgan fingerprint density at radius 2 is 0.472 bits per heavy atom. The van der Waals surface area contributed by atoms with E-state index in [9.17, 15) is 0 Å². The molecule has 2 heteroatoms. The molecule has 200 valence electrons. The molecule has 0 saturated heterocycles. The van der Waals surface area contributed by atoms with Crippen molar-refractivity contribution < 1.29 is 0 Å². The molecular weight excluding hydrogens is 662 g/mol. The Morgan fingerprint density at radius 1 is 0.306 bits per heavy atom. The summed E-state index contributed by atoms with van der Waals surface area (Å²) in [6.07, 6.45) is 0. The van der Waals surface area contributed by atoms with Crippen molar-refractivity contribution in [1.29, 1.82) is 0 Å². The van der Waals surface area contributed by atoms with Crippen LogP contribution >= 0.6 is 45.2 Å². The van der Waals surface area contributed by atoms with E-state index in [-0.39, 0.29) is 0 Å². The zero-order valence-corrected chi connectivity index (χ0v) is 28.6. The molecule has 0 aliphatic carbocycles. The van der Waals surface area contributed by atoms with Crippen LogP contribution in [0.1, 0.15) is 66.5 Å². The van der Waals surface area contributed by atoms with Gasteiger partial charge in [-0.3, -0.25) is 0 Å². The van der Waals surface area contributed by atoms with E-state index >= 15 is 0 Å². The van der Waals surface area contributed by atoms with E-state index in [2.05, 4.69) is 108 Å². The molecule has 4 aromatic rings. The second kappa shape index (κ2) is 37.9. The number of benzene rings is 4. The standard InChI is InChI=1S/2C7H8.2C6H5I.4C2H6/c2*1-7-5-3-2-4-6-7;2*7-6-4-2-1-3-5-6;4*1-2/h2*2-6H,1H3;2*1-5H;4*1-2H3. The lowest BCUT2D eigenvalue weighted by atomic mass is 10.2. The van der Waals surface area contributed by atoms with Crippen molar-refractivity contribution in [3.05, 3.63) is 140 Å². The highest BCUT2D eigenvalue weighted by Crippen LogP contribution is 2.00. The van der Waals surface area contributed by atoms with E-state index in [1.165, 1.54) is 18.3 Å². The van der Waals surface area contributed by atoms with E-state index < -0.39 is 0 Å². The highest BCUT2D eigenvalue weighted by Gasteiger charge is 1.75. The lowest BCUT2D eigenvalue weighted by Gasteiger charge is -1.82. The first-order valence-electron chi connectivity index (χ1n) is 13.0. The van der Waals surface area contributed by atoms with Crippen LogP contribution in [0.2, 0.25) is 0 Å². The fourth-order valence-corrected chi connectivity index (χ4v) is 2.73. The summed E-state index contributed by atoms with van der Waals surface area (Å²) >= 11 is 4.56. The summed E-state index contributed by atoms with van der Waals surface area (Å²) in [5, 5.41) is 0. The van der Waals surface area contributed by atoms with Crippen LogP contribution in [0.4, 0.5) is 0 Å². The van der Waals surface area contributed by atoms with Crippen LogP contribution in [0.3, 0.4) is 0 Å². The van der Waals surface area contributed by atoms with Crippen LogP contribution in [0.5, 0.6) is 0 Å². The van der Waals surface area contributed by atoms with Crippen LogP contribution in [-0.4, -0.2) is 0 Å². The zero-order chi connectivity index (χ0) is 28.5. The summed E-state index contributed by atoms with van der Waals surface area (Å²) in [7, 11) is 0. The Balaban J connectivity index is -0.000000173. The Labute approximate surface area is 252 Å². The molecule has 0 atom stereocenters. The van der Waals surface area contributed by atoms with Crippen LogP contribution in [-0.2, 0) is 0 Å². The van der Waals surface area contributed by atoms with Gasteiger partial charge in [-0.05, 0) is 83.3 Å².